The molecule has 2 N–H and O–H groups in total. The Labute approximate surface area is 141 Å². The number of hydrogen-bond donors (Lipinski definition) is 2. The molecule has 0 saturated heterocycles. The third-order valence-electron chi connectivity index (χ3n) is 3.75. The number of hydrogen-bond acceptors (Lipinski definition) is 3. The number of carbonyl (C=O) groups excluding carboxylic acids is 1. The summed E-state index contributed by atoms with van der Waals surface area (Å²) in [5.41, 5.74) is -1.72. The fourth-order valence-electron chi connectivity index (χ4n) is 2.45. The van der Waals surface area contributed by atoms with Gasteiger partial charge in [-0.15, -0.1) is 11.3 Å². The highest BCUT2D eigenvalue weighted by Gasteiger charge is 2.28. The second-order valence-electron chi connectivity index (χ2n) is 5.73. The second-order valence-corrected chi connectivity index (χ2v) is 6.81. The van der Waals surface area contributed by atoms with Crippen LogP contribution in [0.2, 0.25) is 0 Å². The van der Waals surface area contributed by atoms with Crippen molar-refractivity contribution in [1.29, 1.82) is 0 Å². The fraction of sp³-hybridized carbons (Fsp3) is 0.167. The topological polar surface area (TPSA) is 49.3 Å². The van der Waals surface area contributed by atoms with Gasteiger partial charge in [-0.25, -0.2) is 8.78 Å². The van der Waals surface area contributed by atoms with E-state index in [1.807, 2.05) is 24.3 Å². The number of aliphatic hydroxyl groups is 1. The molecule has 0 radical (unpaired) electrons. The van der Waals surface area contributed by atoms with E-state index in [0.29, 0.717) is 10.9 Å². The van der Waals surface area contributed by atoms with Crippen molar-refractivity contribution in [3.05, 3.63) is 70.6 Å². The molecule has 0 fully saturated rings. The van der Waals surface area contributed by atoms with Crippen molar-refractivity contribution in [1.82, 2.24) is 5.32 Å². The van der Waals surface area contributed by atoms with Gasteiger partial charge in [0.1, 0.15) is 17.2 Å². The molecule has 124 valence electrons. The van der Waals surface area contributed by atoms with Gasteiger partial charge in [0.25, 0.3) is 5.91 Å². The number of nitrogens with one attached hydrogen (secondary N) is 1. The van der Waals surface area contributed by atoms with Crippen molar-refractivity contribution in [2.75, 3.05) is 6.54 Å². The van der Waals surface area contributed by atoms with Crippen molar-refractivity contribution in [2.45, 2.75) is 12.5 Å². The van der Waals surface area contributed by atoms with Gasteiger partial charge in [0.2, 0.25) is 0 Å². The monoisotopic (exact) mass is 347 g/mol. The first-order valence-corrected chi connectivity index (χ1v) is 8.13. The maximum Gasteiger partial charge on any atom is 0.261 e. The number of amides is 1. The highest BCUT2D eigenvalue weighted by Crippen LogP contribution is 2.26. The molecule has 1 heterocycles. The van der Waals surface area contributed by atoms with Crippen molar-refractivity contribution in [3.8, 4) is 0 Å². The maximum absolute atomic E-state index is 13.8. The van der Waals surface area contributed by atoms with Crippen LogP contribution < -0.4 is 5.32 Å². The zero-order valence-corrected chi connectivity index (χ0v) is 13.7. The van der Waals surface area contributed by atoms with Crippen molar-refractivity contribution in [3.63, 3.8) is 0 Å². The molecule has 0 spiro atoms. The molecule has 1 atom stereocenters. The first kappa shape index (κ1) is 16.5. The summed E-state index contributed by atoms with van der Waals surface area (Å²) in [5, 5.41) is 14.0. The Morgan fingerprint density at radius 1 is 1.21 bits per heavy atom. The Morgan fingerprint density at radius 3 is 2.67 bits per heavy atom. The molecule has 24 heavy (non-hydrogen) atoms. The van der Waals surface area contributed by atoms with Crippen molar-refractivity contribution in [2.24, 2.45) is 0 Å². The van der Waals surface area contributed by atoms with E-state index in [1.54, 1.807) is 6.07 Å². The molecule has 2 aromatic carbocycles. The van der Waals surface area contributed by atoms with Crippen molar-refractivity contribution >= 4 is 27.3 Å². The highest BCUT2D eigenvalue weighted by atomic mass is 32.1. The predicted octanol–water partition coefficient (Wildman–Crippen LogP) is 3.82. The molecular formula is C18H15F2NO2S. The summed E-state index contributed by atoms with van der Waals surface area (Å²) in [4.78, 5) is 12.8. The highest BCUT2D eigenvalue weighted by molar-refractivity contribution is 7.20. The molecule has 1 amide bonds. The summed E-state index contributed by atoms with van der Waals surface area (Å²) in [6.07, 6.45) is 0. The zero-order valence-electron chi connectivity index (χ0n) is 12.8. The molecule has 1 aromatic heterocycles. The zero-order chi connectivity index (χ0) is 17.3. The summed E-state index contributed by atoms with van der Waals surface area (Å²) < 4.78 is 27.8. The molecule has 0 aliphatic heterocycles. The van der Waals surface area contributed by atoms with E-state index in [9.17, 15) is 18.7 Å². The van der Waals surface area contributed by atoms with Gasteiger partial charge in [-0.1, -0.05) is 24.3 Å². The van der Waals surface area contributed by atoms with Crippen LogP contribution in [0.15, 0.2) is 48.5 Å². The summed E-state index contributed by atoms with van der Waals surface area (Å²) in [7, 11) is 0. The van der Waals surface area contributed by atoms with Gasteiger partial charge >= 0.3 is 0 Å². The summed E-state index contributed by atoms with van der Waals surface area (Å²) in [6.45, 7) is 1.18. The minimum atomic E-state index is -1.65. The molecule has 0 saturated carbocycles. The Bertz CT molecular complexity index is 872. The van der Waals surface area contributed by atoms with Crippen LogP contribution >= 0.6 is 11.3 Å². The smallest absolute Gasteiger partial charge is 0.261 e. The van der Waals surface area contributed by atoms with E-state index in [2.05, 4.69) is 5.32 Å². The van der Waals surface area contributed by atoms with Crippen LogP contribution in [0.3, 0.4) is 0 Å². The molecule has 6 heteroatoms. The lowest BCUT2D eigenvalue weighted by atomic mass is 9.95. The number of rotatable bonds is 4. The van der Waals surface area contributed by atoms with E-state index in [-0.39, 0.29) is 18.0 Å². The second kappa shape index (κ2) is 6.30. The van der Waals surface area contributed by atoms with Gasteiger partial charge in [0.05, 0.1) is 11.4 Å². The van der Waals surface area contributed by atoms with E-state index >= 15 is 0 Å². The van der Waals surface area contributed by atoms with E-state index in [1.165, 1.54) is 24.3 Å². The summed E-state index contributed by atoms with van der Waals surface area (Å²) in [5.74, 6) is -1.92. The third-order valence-corrected chi connectivity index (χ3v) is 4.87. The molecule has 0 bridgehead atoms. The molecule has 3 nitrogen and oxygen atoms in total. The quantitative estimate of drug-likeness (QED) is 0.754. The van der Waals surface area contributed by atoms with Gasteiger partial charge in [-0.05, 0) is 30.5 Å². The van der Waals surface area contributed by atoms with E-state index < -0.39 is 17.2 Å². The Morgan fingerprint density at radius 2 is 1.96 bits per heavy atom. The minimum Gasteiger partial charge on any atom is -0.383 e. The third kappa shape index (κ3) is 3.29. The van der Waals surface area contributed by atoms with Gasteiger partial charge < -0.3 is 10.4 Å². The Hall–Kier alpha value is -2.31. The molecule has 0 aliphatic carbocycles. The summed E-state index contributed by atoms with van der Waals surface area (Å²) >= 11 is 1.34. The van der Waals surface area contributed by atoms with Crippen LogP contribution in [0, 0.1) is 11.6 Å². The van der Waals surface area contributed by atoms with E-state index in [0.717, 1.165) is 16.2 Å². The summed E-state index contributed by atoms with van der Waals surface area (Å²) in [6, 6.07) is 12.3. The number of thiophene rings is 1. The number of halogens is 2. The Kier molecular flexibility index (Phi) is 4.34. The fourth-order valence-corrected chi connectivity index (χ4v) is 3.43. The SMILES string of the molecule is CC(O)(CNC(=O)c1cc2ccccc2s1)c1ccc(F)cc1F. The van der Waals surface area contributed by atoms with Crippen LogP contribution in [0.1, 0.15) is 22.2 Å². The molecular weight excluding hydrogens is 332 g/mol. The van der Waals surface area contributed by atoms with Crippen LogP contribution in [-0.4, -0.2) is 17.6 Å². The Balaban J connectivity index is 1.74. The average molecular weight is 347 g/mol. The lowest BCUT2D eigenvalue weighted by Gasteiger charge is -2.24. The first-order chi connectivity index (χ1) is 11.4. The molecule has 3 aromatic rings. The predicted molar refractivity (Wildman–Crippen MR) is 90.1 cm³/mol. The number of benzene rings is 2. The van der Waals surface area contributed by atoms with Gasteiger partial charge in [0, 0.05) is 16.3 Å². The minimum absolute atomic E-state index is 0.0689. The van der Waals surface area contributed by atoms with Crippen LogP contribution in [0.25, 0.3) is 10.1 Å². The molecule has 0 aliphatic rings. The lowest BCUT2D eigenvalue weighted by Crippen LogP contribution is -2.39. The van der Waals surface area contributed by atoms with Gasteiger partial charge in [-0.3, -0.25) is 4.79 Å². The van der Waals surface area contributed by atoms with Gasteiger partial charge in [-0.2, -0.15) is 0 Å². The van der Waals surface area contributed by atoms with Crippen LogP contribution in [-0.2, 0) is 5.60 Å². The lowest BCUT2D eigenvalue weighted by molar-refractivity contribution is 0.0495. The van der Waals surface area contributed by atoms with Crippen LogP contribution in [0.4, 0.5) is 8.78 Å². The van der Waals surface area contributed by atoms with Crippen LogP contribution in [0.5, 0.6) is 0 Å². The normalized spacial score (nSPS) is 13.7. The standard InChI is InChI=1S/C18H15F2NO2S/c1-18(23,13-7-6-12(19)9-14(13)20)10-21-17(22)16-8-11-4-2-3-5-15(11)24-16/h2-9,23H,10H2,1H3,(H,21,22). The van der Waals surface area contributed by atoms with Gasteiger partial charge in [0.15, 0.2) is 0 Å². The largest absolute Gasteiger partial charge is 0.383 e. The number of fused-ring (bicyclic) bond motifs is 1. The average Bonchev–Trinajstić information content (AvgIpc) is 2.96. The molecule has 3 rings (SSSR count). The van der Waals surface area contributed by atoms with E-state index in [4.69, 9.17) is 0 Å². The number of carbonyl (C=O) groups is 1. The van der Waals surface area contributed by atoms with Crippen molar-refractivity contribution < 1.29 is 18.7 Å². The first-order valence-electron chi connectivity index (χ1n) is 7.31. The maximum atomic E-state index is 13.8. The molecule has 1 unspecified atom stereocenters.